The smallest absolute Gasteiger partial charge is 0.306 e. The van der Waals surface area contributed by atoms with Crippen molar-refractivity contribution in [2.75, 3.05) is 13.1 Å². The van der Waals surface area contributed by atoms with Crippen LogP contribution in [0.5, 0.6) is 0 Å². The minimum absolute atomic E-state index is 0.0450. The summed E-state index contributed by atoms with van der Waals surface area (Å²) in [6, 6.07) is 6.19. The number of amides is 1. The Hall–Kier alpha value is -1.93. The zero-order valence-corrected chi connectivity index (χ0v) is 16.1. The average molecular weight is 394 g/mol. The summed E-state index contributed by atoms with van der Waals surface area (Å²) in [5, 5.41) is 12.0. The molecule has 148 valence electrons. The number of piperidine rings is 1. The number of benzene rings is 1. The fourth-order valence-electron chi connectivity index (χ4n) is 3.87. The Labute approximate surface area is 159 Å². The molecular weight excluding hydrogens is 368 g/mol. The number of hydrogen-bond acceptors (Lipinski definition) is 4. The lowest BCUT2D eigenvalue weighted by molar-refractivity contribution is -0.142. The molecule has 1 aromatic carbocycles. The number of aliphatic carboxylic acids is 1. The number of hydrogen-bond donors (Lipinski definition) is 2. The van der Waals surface area contributed by atoms with Crippen molar-refractivity contribution >= 4 is 21.9 Å². The maximum absolute atomic E-state index is 13.0. The Bertz CT molecular complexity index is 794. The Morgan fingerprint density at radius 1 is 1.00 bits per heavy atom. The molecule has 1 aliphatic heterocycles. The molecule has 0 unspecified atom stereocenters. The van der Waals surface area contributed by atoms with E-state index >= 15 is 0 Å². The van der Waals surface area contributed by atoms with Crippen LogP contribution < -0.4 is 5.32 Å². The third kappa shape index (κ3) is 4.50. The van der Waals surface area contributed by atoms with Crippen molar-refractivity contribution in [3.05, 3.63) is 29.8 Å². The highest BCUT2D eigenvalue weighted by molar-refractivity contribution is 7.89. The topological polar surface area (TPSA) is 104 Å². The van der Waals surface area contributed by atoms with Crippen molar-refractivity contribution in [2.24, 2.45) is 5.92 Å². The Balaban J connectivity index is 1.74. The Kier molecular flexibility index (Phi) is 6.16. The normalized spacial score (nSPS) is 24.3. The number of carboxylic acid groups (broad SMARTS) is 1. The van der Waals surface area contributed by atoms with E-state index in [0.29, 0.717) is 38.8 Å². The van der Waals surface area contributed by atoms with Crippen LogP contribution in [0.4, 0.5) is 0 Å². The highest BCUT2D eigenvalue weighted by Gasteiger charge is 2.31. The number of sulfonamides is 1. The fraction of sp³-hybridized carbons (Fsp3) is 0.579. The SMILES string of the molecule is O=C(NC1CCC(C(=O)O)CC1)c1ccccc1S(=O)(=O)N1CCCCC1. The van der Waals surface area contributed by atoms with E-state index in [0.717, 1.165) is 19.3 Å². The van der Waals surface area contributed by atoms with Gasteiger partial charge in [0.1, 0.15) is 0 Å². The predicted octanol–water partition coefficient (Wildman–Crippen LogP) is 2.23. The molecule has 27 heavy (non-hydrogen) atoms. The molecule has 2 aliphatic rings. The lowest BCUT2D eigenvalue weighted by atomic mass is 9.86. The van der Waals surface area contributed by atoms with Gasteiger partial charge in [-0.25, -0.2) is 8.42 Å². The van der Waals surface area contributed by atoms with Gasteiger partial charge in [0, 0.05) is 19.1 Å². The summed E-state index contributed by atoms with van der Waals surface area (Å²) in [6.45, 7) is 0.967. The molecule has 3 rings (SSSR count). The van der Waals surface area contributed by atoms with Crippen molar-refractivity contribution in [1.29, 1.82) is 0 Å². The molecule has 1 aromatic rings. The monoisotopic (exact) mass is 394 g/mol. The zero-order valence-electron chi connectivity index (χ0n) is 15.3. The molecule has 1 amide bonds. The van der Waals surface area contributed by atoms with E-state index in [9.17, 15) is 18.0 Å². The Morgan fingerprint density at radius 3 is 2.26 bits per heavy atom. The second-order valence-electron chi connectivity index (χ2n) is 7.32. The molecule has 2 fully saturated rings. The number of carboxylic acids is 1. The van der Waals surface area contributed by atoms with E-state index in [1.54, 1.807) is 12.1 Å². The van der Waals surface area contributed by atoms with Crippen LogP contribution in [-0.2, 0) is 14.8 Å². The van der Waals surface area contributed by atoms with Gasteiger partial charge < -0.3 is 10.4 Å². The summed E-state index contributed by atoms with van der Waals surface area (Å²) in [7, 11) is -3.70. The maximum Gasteiger partial charge on any atom is 0.306 e. The van der Waals surface area contributed by atoms with E-state index in [-0.39, 0.29) is 22.4 Å². The molecule has 0 aromatic heterocycles. The second-order valence-corrected chi connectivity index (χ2v) is 9.23. The number of rotatable bonds is 5. The van der Waals surface area contributed by atoms with Crippen LogP contribution in [0.15, 0.2) is 29.2 Å². The molecular formula is C19H26N2O5S. The molecule has 0 radical (unpaired) electrons. The highest BCUT2D eigenvalue weighted by Crippen LogP contribution is 2.26. The first-order valence-corrected chi connectivity index (χ1v) is 11.0. The molecule has 1 heterocycles. The van der Waals surface area contributed by atoms with Gasteiger partial charge >= 0.3 is 5.97 Å². The van der Waals surface area contributed by atoms with Crippen LogP contribution in [0.25, 0.3) is 0 Å². The molecule has 7 nitrogen and oxygen atoms in total. The van der Waals surface area contributed by atoms with Gasteiger partial charge in [-0.2, -0.15) is 4.31 Å². The van der Waals surface area contributed by atoms with E-state index < -0.39 is 21.9 Å². The van der Waals surface area contributed by atoms with Crippen molar-refractivity contribution in [3.63, 3.8) is 0 Å². The van der Waals surface area contributed by atoms with E-state index in [1.165, 1.54) is 16.4 Å². The zero-order chi connectivity index (χ0) is 19.4. The molecule has 1 saturated heterocycles. The van der Waals surface area contributed by atoms with Gasteiger partial charge in [0.25, 0.3) is 5.91 Å². The lowest BCUT2D eigenvalue weighted by Crippen LogP contribution is -2.40. The number of carbonyl (C=O) groups excluding carboxylic acids is 1. The van der Waals surface area contributed by atoms with Crippen molar-refractivity contribution in [1.82, 2.24) is 9.62 Å². The molecule has 2 N–H and O–H groups in total. The largest absolute Gasteiger partial charge is 0.481 e. The van der Waals surface area contributed by atoms with Gasteiger partial charge in [-0.1, -0.05) is 18.6 Å². The van der Waals surface area contributed by atoms with Crippen LogP contribution in [0.2, 0.25) is 0 Å². The van der Waals surface area contributed by atoms with Crippen molar-refractivity contribution < 1.29 is 23.1 Å². The van der Waals surface area contributed by atoms with Gasteiger partial charge in [-0.05, 0) is 50.7 Å². The van der Waals surface area contributed by atoms with Crippen molar-refractivity contribution in [2.45, 2.75) is 55.9 Å². The summed E-state index contributed by atoms with van der Waals surface area (Å²) < 4.78 is 27.5. The first-order chi connectivity index (χ1) is 12.9. The lowest BCUT2D eigenvalue weighted by Gasteiger charge is -2.28. The first kappa shape index (κ1) is 19.8. The van der Waals surface area contributed by atoms with Crippen molar-refractivity contribution in [3.8, 4) is 0 Å². The summed E-state index contributed by atoms with van der Waals surface area (Å²) in [5.41, 5.74) is 0.156. The summed E-state index contributed by atoms with van der Waals surface area (Å²) >= 11 is 0. The standard InChI is InChI=1S/C19H26N2O5S/c22-18(20-15-10-8-14(9-11-15)19(23)24)16-6-2-3-7-17(16)27(25,26)21-12-4-1-5-13-21/h2-3,6-7,14-15H,1,4-5,8-13H2,(H,20,22)(H,23,24). The summed E-state index contributed by atoms with van der Waals surface area (Å²) in [5.74, 6) is -1.56. The number of nitrogens with zero attached hydrogens (tertiary/aromatic N) is 1. The van der Waals surface area contributed by atoms with E-state index in [2.05, 4.69) is 5.32 Å². The minimum Gasteiger partial charge on any atom is -0.481 e. The van der Waals surface area contributed by atoms with Gasteiger partial charge in [-0.15, -0.1) is 0 Å². The number of nitrogens with one attached hydrogen (secondary N) is 1. The summed E-state index contributed by atoms with van der Waals surface area (Å²) in [6.07, 6.45) is 4.91. The van der Waals surface area contributed by atoms with Gasteiger partial charge in [0.15, 0.2) is 0 Å². The van der Waals surface area contributed by atoms with Crippen LogP contribution >= 0.6 is 0 Å². The summed E-state index contributed by atoms with van der Waals surface area (Å²) in [4.78, 5) is 23.9. The Morgan fingerprint density at radius 2 is 1.63 bits per heavy atom. The number of carbonyl (C=O) groups is 2. The molecule has 0 spiro atoms. The van der Waals surface area contributed by atoms with E-state index in [4.69, 9.17) is 5.11 Å². The van der Waals surface area contributed by atoms with E-state index in [1.807, 2.05) is 0 Å². The molecule has 1 aliphatic carbocycles. The predicted molar refractivity (Wildman–Crippen MR) is 99.9 cm³/mol. The second kappa shape index (κ2) is 8.39. The van der Waals surface area contributed by atoms with Crippen LogP contribution in [0.3, 0.4) is 0 Å². The third-order valence-corrected chi connectivity index (χ3v) is 7.43. The quantitative estimate of drug-likeness (QED) is 0.797. The average Bonchev–Trinajstić information content (AvgIpc) is 2.69. The van der Waals surface area contributed by atoms with Gasteiger partial charge in [-0.3, -0.25) is 9.59 Å². The van der Waals surface area contributed by atoms with Gasteiger partial charge in [0.05, 0.1) is 16.4 Å². The van der Waals surface area contributed by atoms with Crippen LogP contribution in [0, 0.1) is 5.92 Å². The fourth-order valence-corrected chi connectivity index (χ4v) is 5.58. The molecule has 8 heteroatoms. The van der Waals surface area contributed by atoms with Gasteiger partial charge in [0.2, 0.25) is 10.0 Å². The molecule has 0 atom stereocenters. The maximum atomic E-state index is 13.0. The molecule has 1 saturated carbocycles. The van der Waals surface area contributed by atoms with Crippen LogP contribution in [0.1, 0.15) is 55.3 Å². The minimum atomic E-state index is -3.70. The highest BCUT2D eigenvalue weighted by atomic mass is 32.2. The van der Waals surface area contributed by atoms with Crippen LogP contribution in [-0.4, -0.2) is 48.8 Å². The first-order valence-electron chi connectivity index (χ1n) is 9.52. The molecule has 0 bridgehead atoms. The third-order valence-electron chi connectivity index (χ3n) is 5.48.